The number of benzene rings is 1. The topological polar surface area (TPSA) is 105 Å². The highest BCUT2D eigenvalue weighted by Gasteiger charge is 2.42. The van der Waals surface area contributed by atoms with Gasteiger partial charge in [-0.2, -0.15) is 5.26 Å². The number of carbonyl (C=O) groups is 1. The van der Waals surface area contributed by atoms with E-state index < -0.39 is 5.97 Å². The fraction of sp³-hybridized carbons (Fsp3) is 0.571. The molecule has 3 heterocycles. The number of hydrogen-bond donors (Lipinski definition) is 2. The molecule has 0 radical (unpaired) electrons. The highest BCUT2D eigenvalue weighted by Crippen LogP contribution is 2.38. The predicted octanol–water partition coefficient (Wildman–Crippen LogP) is 4.88. The molecular weight excluding hydrogens is 488 g/mol. The molecular formula is C28H35ClN6O2. The van der Waals surface area contributed by atoms with Gasteiger partial charge in [-0.15, -0.1) is 0 Å². The van der Waals surface area contributed by atoms with Gasteiger partial charge in [0.15, 0.2) is 11.5 Å². The lowest BCUT2D eigenvalue weighted by atomic mass is 9.80. The number of carboxylic acids is 1. The molecule has 8 nitrogen and oxygen atoms in total. The number of hydrogen-bond acceptors (Lipinski definition) is 7. The van der Waals surface area contributed by atoms with Gasteiger partial charge >= 0.3 is 5.97 Å². The van der Waals surface area contributed by atoms with Crippen molar-refractivity contribution in [2.75, 3.05) is 36.4 Å². The lowest BCUT2D eigenvalue weighted by Gasteiger charge is -2.48. The van der Waals surface area contributed by atoms with Gasteiger partial charge in [0, 0.05) is 30.7 Å². The number of nitriles is 1. The Kier molecular flexibility index (Phi) is 7.55. The summed E-state index contributed by atoms with van der Waals surface area (Å²) in [4.78, 5) is 25.6. The zero-order valence-corrected chi connectivity index (χ0v) is 22.3. The lowest BCUT2D eigenvalue weighted by Crippen LogP contribution is -2.55. The van der Waals surface area contributed by atoms with Crippen molar-refractivity contribution in [2.45, 2.75) is 58.0 Å². The largest absolute Gasteiger partial charge is 0.481 e. The summed E-state index contributed by atoms with van der Waals surface area (Å²) in [5.74, 6) is 1.53. The summed E-state index contributed by atoms with van der Waals surface area (Å²) < 4.78 is 0. The molecule has 37 heavy (non-hydrogen) atoms. The Morgan fingerprint density at radius 3 is 2.76 bits per heavy atom. The number of rotatable bonds is 7. The molecule has 2 aliphatic heterocycles. The number of piperidine rings is 1. The van der Waals surface area contributed by atoms with E-state index in [0.29, 0.717) is 22.7 Å². The van der Waals surface area contributed by atoms with Gasteiger partial charge in [0.1, 0.15) is 11.9 Å². The summed E-state index contributed by atoms with van der Waals surface area (Å²) in [6.45, 7) is 7.83. The molecule has 9 heteroatoms. The number of aryl methyl sites for hydroxylation is 1. The average Bonchev–Trinajstić information content (AvgIpc) is 3.34. The number of nitrogens with one attached hydrogen (secondary N) is 1. The Balaban J connectivity index is 1.22. The molecule has 2 unspecified atom stereocenters. The van der Waals surface area contributed by atoms with E-state index in [1.165, 1.54) is 6.42 Å². The van der Waals surface area contributed by atoms with Gasteiger partial charge in [-0.1, -0.05) is 30.2 Å². The minimum Gasteiger partial charge on any atom is -0.481 e. The maximum atomic E-state index is 11.7. The summed E-state index contributed by atoms with van der Waals surface area (Å²) in [5, 5.41) is 23.3. The Bertz CT molecular complexity index is 1190. The van der Waals surface area contributed by atoms with Gasteiger partial charge in [-0.25, -0.2) is 9.97 Å². The molecule has 1 aliphatic carbocycles. The molecule has 2 N–H and O–H groups in total. The fourth-order valence-corrected chi connectivity index (χ4v) is 6.77. The Morgan fingerprint density at radius 1 is 1.22 bits per heavy atom. The highest BCUT2D eigenvalue weighted by molar-refractivity contribution is 6.31. The maximum Gasteiger partial charge on any atom is 0.308 e. The minimum absolute atomic E-state index is 0.132. The number of halogens is 1. The molecule has 2 saturated heterocycles. The van der Waals surface area contributed by atoms with Gasteiger partial charge in [0.25, 0.3) is 0 Å². The summed E-state index contributed by atoms with van der Waals surface area (Å²) in [6.07, 6.45) is 6.84. The summed E-state index contributed by atoms with van der Waals surface area (Å²) >= 11 is 6.46. The van der Waals surface area contributed by atoms with Gasteiger partial charge in [-0.05, 0) is 75.1 Å². The van der Waals surface area contributed by atoms with Crippen LogP contribution in [0.3, 0.4) is 0 Å². The number of anilines is 2. The number of aromatic nitrogens is 2. The zero-order chi connectivity index (χ0) is 26.1. The number of likely N-dealkylation sites (tertiary alicyclic amines) is 1. The Labute approximate surface area is 223 Å². The van der Waals surface area contributed by atoms with Crippen molar-refractivity contribution >= 4 is 29.2 Å². The van der Waals surface area contributed by atoms with Crippen molar-refractivity contribution in [3.63, 3.8) is 0 Å². The molecule has 3 fully saturated rings. The Hall–Kier alpha value is -2.89. The van der Waals surface area contributed by atoms with E-state index in [4.69, 9.17) is 16.6 Å². The van der Waals surface area contributed by atoms with Crippen LogP contribution in [0.15, 0.2) is 24.4 Å². The second-order valence-corrected chi connectivity index (χ2v) is 11.3. The van der Waals surface area contributed by atoms with Crippen LogP contribution in [-0.4, -0.2) is 58.2 Å². The fourth-order valence-electron chi connectivity index (χ4n) is 6.37. The van der Waals surface area contributed by atoms with E-state index >= 15 is 0 Å². The van der Waals surface area contributed by atoms with Crippen LogP contribution < -0.4 is 10.2 Å². The molecule has 0 bridgehead atoms. The number of nitrogens with zero attached hydrogens (tertiary/aromatic N) is 5. The van der Waals surface area contributed by atoms with Crippen LogP contribution in [0, 0.1) is 36.0 Å². The first kappa shape index (κ1) is 25.7. The van der Waals surface area contributed by atoms with Gasteiger partial charge in [-0.3, -0.25) is 9.69 Å². The first-order valence-corrected chi connectivity index (χ1v) is 13.7. The third-order valence-corrected chi connectivity index (χ3v) is 8.82. The molecule has 1 aromatic heterocycles. The van der Waals surface area contributed by atoms with Gasteiger partial charge in [0.2, 0.25) is 0 Å². The second kappa shape index (κ2) is 10.8. The van der Waals surface area contributed by atoms with Crippen LogP contribution in [0.4, 0.5) is 11.6 Å². The van der Waals surface area contributed by atoms with Crippen LogP contribution in [-0.2, 0) is 4.79 Å². The van der Waals surface area contributed by atoms with Crippen LogP contribution in [0.5, 0.6) is 0 Å². The molecule has 5 rings (SSSR count). The minimum atomic E-state index is -0.637. The first-order chi connectivity index (χ1) is 17.8. The standard InChI is InChI=1S/C28H35ClN6O2/c1-17-8-9-21(23(29)11-17)18(2)32-27-24(12-30)31-13-26(33-27)35-15-20(16-35)19-5-4-10-34(14-19)25-7-3-6-22(25)28(36)37/h8-9,11,13,18-20,22,25H,3-7,10,14-16H2,1-2H3,(H,32,33)(H,36,37)/t18-,19+,22?,25?/m1/s1. The third kappa shape index (κ3) is 5.39. The molecule has 1 saturated carbocycles. The monoisotopic (exact) mass is 522 g/mol. The highest BCUT2D eigenvalue weighted by atomic mass is 35.5. The van der Waals surface area contributed by atoms with Gasteiger partial charge in [0.05, 0.1) is 18.2 Å². The summed E-state index contributed by atoms with van der Waals surface area (Å²) in [5.41, 5.74) is 2.31. The van der Waals surface area contributed by atoms with E-state index in [1.807, 2.05) is 32.0 Å². The molecule has 2 aromatic rings. The molecule has 3 aliphatic rings. The van der Waals surface area contributed by atoms with Crippen LogP contribution in [0.1, 0.15) is 61.9 Å². The van der Waals surface area contributed by atoms with E-state index in [-0.39, 0.29) is 23.7 Å². The number of carboxylic acid groups (broad SMARTS) is 1. The van der Waals surface area contributed by atoms with E-state index in [2.05, 4.69) is 26.2 Å². The lowest BCUT2D eigenvalue weighted by molar-refractivity contribution is -0.143. The van der Waals surface area contributed by atoms with Crippen molar-refractivity contribution in [1.29, 1.82) is 5.26 Å². The van der Waals surface area contributed by atoms with Crippen LogP contribution in [0.2, 0.25) is 5.02 Å². The van der Waals surface area contributed by atoms with Crippen LogP contribution in [0.25, 0.3) is 0 Å². The summed E-state index contributed by atoms with van der Waals surface area (Å²) in [7, 11) is 0. The van der Waals surface area contributed by atoms with E-state index in [9.17, 15) is 15.2 Å². The zero-order valence-electron chi connectivity index (χ0n) is 21.5. The normalized spacial score (nSPS) is 25.4. The second-order valence-electron chi connectivity index (χ2n) is 10.9. The van der Waals surface area contributed by atoms with Crippen molar-refractivity contribution in [3.05, 3.63) is 46.2 Å². The molecule has 0 spiro atoms. The van der Waals surface area contributed by atoms with Crippen molar-refractivity contribution < 1.29 is 9.90 Å². The molecule has 4 atom stereocenters. The number of aliphatic carboxylic acids is 1. The predicted molar refractivity (Wildman–Crippen MR) is 144 cm³/mol. The SMILES string of the molecule is Cc1ccc([C@@H](C)Nc2nc(N3CC([C@H]4CCCN(C5CCCC5C(=O)O)C4)C3)cnc2C#N)c(Cl)c1. The Morgan fingerprint density at radius 2 is 2.03 bits per heavy atom. The average molecular weight is 523 g/mol. The van der Waals surface area contributed by atoms with Gasteiger partial charge < -0.3 is 15.3 Å². The molecule has 0 amide bonds. The third-order valence-electron chi connectivity index (χ3n) is 8.50. The van der Waals surface area contributed by atoms with Crippen molar-refractivity contribution in [3.8, 4) is 6.07 Å². The first-order valence-electron chi connectivity index (χ1n) is 13.4. The van der Waals surface area contributed by atoms with Crippen LogP contribution >= 0.6 is 11.6 Å². The maximum absolute atomic E-state index is 11.7. The summed E-state index contributed by atoms with van der Waals surface area (Å²) in [6, 6.07) is 8.16. The van der Waals surface area contributed by atoms with E-state index in [1.54, 1.807) is 6.20 Å². The molecule has 1 aromatic carbocycles. The van der Waals surface area contributed by atoms with Crippen molar-refractivity contribution in [1.82, 2.24) is 14.9 Å². The quantitative estimate of drug-likeness (QED) is 0.529. The molecule has 196 valence electrons. The smallest absolute Gasteiger partial charge is 0.308 e. The van der Waals surface area contributed by atoms with Crippen molar-refractivity contribution in [2.24, 2.45) is 17.8 Å². The van der Waals surface area contributed by atoms with E-state index in [0.717, 1.165) is 68.8 Å².